The topological polar surface area (TPSA) is 63.5 Å². The number of carbonyl (C=O) groups is 1. The largest absolute Gasteiger partial charge is 0.321 e. The number of nitrogens with zero attached hydrogens (tertiary/aromatic N) is 2. The number of hydrogen-bond donors (Lipinski definition) is 1. The Morgan fingerprint density at radius 1 is 1.18 bits per heavy atom. The minimum absolute atomic E-state index is 0.0277. The number of rotatable bonds is 4. The highest BCUT2D eigenvalue weighted by molar-refractivity contribution is 7.98. The van der Waals surface area contributed by atoms with Crippen LogP contribution in [0.15, 0.2) is 69.8 Å². The molecule has 0 saturated heterocycles. The second kappa shape index (κ2) is 7.79. The average molecular weight is 428 g/mol. The Balaban J connectivity index is 1.80. The van der Waals surface area contributed by atoms with Crippen LogP contribution in [0.5, 0.6) is 0 Å². The Morgan fingerprint density at radius 3 is 2.71 bits per heavy atom. The van der Waals surface area contributed by atoms with E-state index in [1.54, 1.807) is 12.1 Å². The molecule has 0 spiro atoms. The Kier molecular flexibility index (Phi) is 5.21. The third kappa shape index (κ3) is 3.32. The number of benzene rings is 2. The molecule has 0 radical (unpaired) electrons. The van der Waals surface area contributed by atoms with E-state index in [4.69, 9.17) is 11.6 Å². The number of carbonyl (C=O) groups excluding carboxylic acids is 1. The molecular weight excluding hydrogens is 414 g/mol. The van der Waals surface area contributed by atoms with Gasteiger partial charge in [-0.05, 0) is 24.5 Å². The summed E-state index contributed by atoms with van der Waals surface area (Å²) in [5.41, 5.74) is 1.52. The molecule has 0 aliphatic carbocycles. The zero-order chi connectivity index (χ0) is 19.7. The third-order valence-corrected chi connectivity index (χ3v) is 6.16. The Labute approximate surface area is 174 Å². The number of thiazole rings is 1. The summed E-state index contributed by atoms with van der Waals surface area (Å²) in [6.07, 6.45) is 3.25. The number of thioether (sulfide) groups is 1. The van der Waals surface area contributed by atoms with Crippen LogP contribution < -0.4 is 10.9 Å². The molecule has 140 valence electrons. The number of nitrogens with one attached hydrogen (secondary N) is 1. The Hall–Kier alpha value is -2.61. The lowest BCUT2D eigenvalue weighted by atomic mass is 10.2. The Morgan fingerprint density at radius 2 is 1.93 bits per heavy atom. The van der Waals surface area contributed by atoms with Crippen molar-refractivity contribution in [2.75, 3.05) is 11.6 Å². The summed E-state index contributed by atoms with van der Waals surface area (Å²) in [4.78, 5) is 31.6. The molecule has 2 aromatic carbocycles. The van der Waals surface area contributed by atoms with Gasteiger partial charge in [-0.2, -0.15) is 0 Å². The van der Waals surface area contributed by atoms with E-state index in [0.29, 0.717) is 26.9 Å². The quantitative estimate of drug-likeness (QED) is 0.463. The van der Waals surface area contributed by atoms with Crippen molar-refractivity contribution in [3.63, 3.8) is 0 Å². The zero-order valence-electron chi connectivity index (χ0n) is 14.7. The molecule has 1 amide bonds. The highest BCUT2D eigenvalue weighted by atomic mass is 35.5. The molecule has 4 rings (SSSR count). The molecule has 0 aliphatic heterocycles. The lowest BCUT2D eigenvalue weighted by Gasteiger charge is -2.09. The molecule has 0 unspecified atom stereocenters. The number of amides is 1. The van der Waals surface area contributed by atoms with Gasteiger partial charge < -0.3 is 5.32 Å². The molecule has 1 N–H and O–H groups in total. The second-order valence-corrected chi connectivity index (χ2v) is 7.94. The Bertz CT molecular complexity index is 1250. The van der Waals surface area contributed by atoms with E-state index in [0.717, 1.165) is 4.90 Å². The number of fused-ring (bicyclic) bond motifs is 1. The van der Waals surface area contributed by atoms with E-state index >= 15 is 0 Å². The lowest BCUT2D eigenvalue weighted by Crippen LogP contribution is -2.26. The average Bonchev–Trinajstić information content (AvgIpc) is 3.14. The molecule has 2 aromatic heterocycles. The minimum atomic E-state index is -0.496. The van der Waals surface area contributed by atoms with E-state index in [2.05, 4.69) is 10.3 Å². The summed E-state index contributed by atoms with van der Waals surface area (Å²) < 4.78 is 1.43. The first kappa shape index (κ1) is 18.7. The first-order valence-corrected chi connectivity index (χ1v) is 10.8. The van der Waals surface area contributed by atoms with Crippen molar-refractivity contribution in [2.24, 2.45) is 0 Å². The van der Waals surface area contributed by atoms with Crippen LogP contribution in [0.2, 0.25) is 5.02 Å². The molecule has 4 aromatic rings. The van der Waals surface area contributed by atoms with Gasteiger partial charge in [-0.25, -0.2) is 4.98 Å². The van der Waals surface area contributed by atoms with Crippen molar-refractivity contribution in [1.82, 2.24) is 9.38 Å². The van der Waals surface area contributed by atoms with Crippen molar-refractivity contribution < 1.29 is 4.79 Å². The van der Waals surface area contributed by atoms with E-state index < -0.39 is 11.5 Å². The van der Waals surface area contributed by atoms with Gasteiger partial charge in [0.2, 0.25) is 0 Å². The zero-order valence-corrected chi connectivity index (χ0v) is 17.1. The van der Waals surface area contributed by atoms with Crippen molar-refractivity contribution in [3.8, 4) is 11.3 Å². The highest BCUT2D eigenvalue weighted by Crippen LogP contribution is 2.30. The number of anilines is 1. The van der Waals surface area contributed by atoms with Gasteiger partial charge in [0.1, 0.15) is 5.56 Å². The number of hydrogen-bond acceptors (Lipinski definition) is 5. The van der Waals surface area contributed by atoms with Crippen molar-refractivity contribution >= 4 is 51.3 Å². The van der Waals surface area contributed by atoms with Gasteiger partial charge in [-0.3, -0.25) is 14.0 Å². The maximum atomic E-state index is 13.1. The first-order valence-electron chi connectivity index (χ1n) is 8.28. The van der Waals surface area contributed by atoms with Crippen LogP contribution in [0.3, 0.4) is 0 Å². The molecule has 0 aliphatic rings. The standard InChI is InChI=1S/C20H14ClN3O2S2/c1-27-17-9-5-4-8-15(17)23-18(25)13-10-22-20-24(19(13)26)16(11-28-20)12-6-2-3-7-14(12)21/h2-11H,1H3,(H,23,25). The predicted molar refractivity (Wildman–Crippen MR) is 116 cm³/mol. The van der Waals surface area contributed by atoms with Crippen LogP contribution in [0, 0.1) is 0 Å². The van der Waals surface area contributed by atoms with Crippen LogP contribution in [0.4, 0.5) is 5.69 Å². The molecule has 2 heterocycles. The molecule has 0 atom stereocenters. The fraction of sp³-hybridized carbons (Fsp3) is 0.0500. The van der Waals surface area contributed by atoms with Gasteiger partial charge in [-0.15, -0.1) is 23.1 Å². The summed E-state index contributed by atoms with van der Waals surface area (Å²) in [6.45, 7) is 0. The summed E-state index contributed by atoms with van der Waals surface area (Å²) in [5, 5.41) is 5.15. The lowest BCUT2D eigenvalue weighted by molar-refractivity contribution is 0.102. The minimum Gasteiger partial charge on any atom is -0.321 e. The van der Waals surface area contributed by atoms with E-state index in [-0.39, 0.29) is 5.56 Å². The second-order valence-electron chi connectivity index (χ2n) is 5.85. The van der Waals surface area contributed by atoms with Gasteiger partial charge in [0.05, 0.1) is 11.4 Å². The normalized spacial score (nSPS) is 10.9. The third-order valence-electron chi connectivity index (χ3n) is 4.20. The van der Waals surface area contributed by atoms with E-state index in [1.165, 1.54) is 33.7 Å². The van der Waals surface area contributed by atoms with Crippen molar-refractivity contribution in [3.05, 3.63) is 81.0 Å². The van der Waals surface area contributed by atoms with Gasteiger partial charge in [0.25, 0.3) is 11.5 Å². The molecule has 0 fully saturated rings. The SMILES string of the molecule is CSc1ccccc1NC(=O)c1cnc2scc(-c3ccccc3Cl)n2c1=O. The molecule has 8 heteroatoms. The van der Waals surface area contributed by atoms with E-state index in [9.17, 15) is 9.59 Å². The summed E-state index contributed by atoms with van der Waals surface area (Å²) in [7, 11) is 0. The number of aromatic nitrogens is 2. The van der Waals surface area contributed by atoms with Crippen LogP contribution in [-0.2, 0) is 0 Å². The van der Waals surface area contributed by atoms with Crippen LogP contribution in [-0.4, -0.2) is 21.5 Å². The maximum Gasteiger partial charge on any atom is 0.271 e. The van der Waals surface area contributed by atoms with Gasteiger partial charge in [0, 0.05) is 27.1 Å². The fourth-order valence-electron chi connectivity index (χ4n) is 2.84. The predicted octanol–water partition coefficient (Wildman–Crippen LogP) is 5.05. The monoisotopic (exact) mass is 427 g/mol. The summed E-state index contributed by atoms with van der Waals surface area (Å²) in [5.74, 6) is -0.496. The van der Waals surface area contributed by atoms with Crippen LogP contribution in [0.25, 0.3) is 16.2 Å². The van der Waals surface area contributed by atoms with E-state index in [1.807, 2.05) is 48.0 Å². The maximum absolute atomic E-state index is 13.1. The molecular formula is C20H14ClN3O2S2. The van der Waals surface area contributed by atoms with Crippen molar-refractivity contribution in [2.45, 2.75) is 4.90 Å². The smallest absolute Gasteiger partial charge is 0.271 e. The van der Waals surface area contributed by atoms with Gasteiger partial charge in [0.15, 0.2) is 4.96 Å². The molecule has 0 saturated carbocycles. The number of para-hydroxylation sites is 1. The molecule has 5 nitrogen and oxygen atoms in total. The van der Waals surface area contributed by atoms with Crippen LogP contribution in [0.1, 0.15) is 10.4 Å². The molecule has 0 bridgehead atoms. The summed E-state index contributed by atoms with van der Waals surface area (Å²) >= 11 is 9.13. The van der Waals surface area contributed by atoms with Crippen LogP contribution >= 0.6 is 34.7 Å². The highest BCUT2D eigenvalue weighted by Gasteiger charge is 2.18. The van der Waals surface area contributed by atoms with Crippen molar-refractivity contribution in [1.29, 1.82) is 0 Å². The fourth-order valence-corrected chi connectivity index (χ4v) is 4.48. The first-order chi connectivity index (χ1) is 13.6. The van der Waals surface area contributed by atoms with Gasteiger partial charge in [-0.1, -0.05) is 41.9 Å². The summed E-state index contributed by atoms with van der Waals surface area (Å²) in [6, 6.07) is 14.7. The number of halogens is 1. The van der Waals surface area contributed by atoms with Gasteiger partial charge >= 0.3 is 0 Å². The molecule has 28 heavy (non-hydrogen) atoms.